The number of phosphoric acid groups is 1. The summed E-state index contributed by atoms with van der Waals surface area (Å²) in [6.45, 7) is 5.82. The van der Waals surface area contributed by atoms with Crippen LogP contribution in [0.2, 0.25) is 0 Å². The highest BCUT2D eigenvalue weighted by molar-refractivity contribution is 7.46. The summed E-state index contributed by atoms with van der Waals surface area (Å²) < 4.78 is 18.3. The molecule has 62 heavy (non-hydrogen) atoms. The monoisotopic (exact) mass is 858 g/mol. The molecule has 3 saturated heterocycles. The zero-order valence-corrected chi connectivity index (χ0v) is 35.6. The van der Waals surface area contributed by atoms with Gasteiger partial charge in [0.05, 0.1) is 18.6 Å². The molecule has 4 aromatic carbocycles. The lowest BCUT2D eigenvalue weighted by atomic mass is 9.97. The number of nitrogens with zero attached hydrogens (tertiary/aromatic N) is 6. The fourth-order valence-electron chi connectivity index (χ4n) is 9.15. The molecule has 322 valence electrons. The molecule has 15 heteroatoms. The minimum absolute atomic E-state index is 0.0437. The van der Waals surface area contributed by atoms with Gasteiger partial charge in [-0.3, -0.25) is 29.0 Å². The number of carbonyl (C=O) groups is 4. The minimum Gasteiger partial charge on any atom is -0.404 e. The number of likely N-dealkylation sites (tertiary alicyclic amines) is 1. The van der Waals surface area contributed by atoms with E-state index in [1.807, 2.05) is 89.3 Å². The number of phosphoric ester groups is 1. The summed E-state index contributed by atoms with van der Waals surface area (Å²) in [5.41, 5.74) is 6.03. The second-order valence-corrected chi connectivity index (χ2v) is 17.4. The van der Waals surface area contributed by atoms with E-state index in [-0.39, 0.29) is 68.4 Å². The molecular weight excluding hydrogens is 808 g/mol. The topological polar surface area (TPSA) is 156 Å². The van der Waals surface area contributed by atoms with E-state index in [2.05, 4.69) is 12.8 Å². The summed E-state index contributed by atoms with van der Waals surface area (Å²) in [6.07, 6.45) is 6.82. The van der Waals surface area contributed by atoms with Crippen LogP contribution in [0.25, 0.3) is 22.0 Å². The molecule has 3 aliphatic heterocycles. The van der Waals surface area contributed by atoms with Crippen molar-refractivity contribution in [2.75, 3.05) is 32.7 Å². The number of hydrazine groups is 1. The summed E-state index contributed by atoms with van der Waals surface area (Å²) in [7, 11) is -2.83. The Morgan fingerprint density at radius 2 is 1.61 bits per heavy atom. The first kappa shape index (κ1) is 42.6. The average Bonchev–Trinajstić information content (AvgIpc) is 3.61. The molecule has 3 aliphatic rings. The van der Waals surface area contributed by atoms with Crippen molar-refractivity contribution in [1.29, 1.82) is 0 Å². The van der Waals surface area contributed by atoms with Gasteiger partial charge >= 0.3 is 7.82 Å². The fraction of sp³-hybridized carbons (Fsp3) is 0.319. The Kier molecular flexibility index (Phi) is 12.5. The normalized spacial score (nSPS) is 18.6. The number of hydrogen-bond donors (Lipinski definition) is 2. The van der Waals surface area contributed by atoms with Crippen molar-refractivity contribution in [3.63, 3.8) is 0 Å². The lowest BCUT2D eigenvalue weighted by Crippen LogP contribution is -2.75. The third-order valence-electron chi connectivity index (χ3n) is 12.0. The highest BCUT2D eigenvalue weighted by Gasteiger charge is 2.51. The van der Waals surface area contributed by atoms with Crippen LogP contribution >= 0.6 is 7.82 Å². The van der Waals surface area contributed by atoms with Gasteiger partial charge in [-0.1, -0.05) is 78.9 Å². The first-order chi connectivity index (χ1) is 29.9. The fourth-order valence-corrected chi connectivity index (χ4v) is 9.55. The highest BCUT2D eigenvalue weighted by Crippen LogP contribution is 2.38. The van der Waals surface area contributed by atoms with Crippen LogP contribution in [0.3, 0.4) is 0 Å². The summed E-state index contributed by atoms with van der Waals surface area (Å²) >= 11 is 0. The summed E-state index contributed by atoms with van der Waals surface area (Å²) in [5.74, 6) is -0.782. The molecule has 3 fully saturated rings. The van der Waals surface area contributed by atoms with Crippen molar-refractivity contribution in [2.45, 2.75) is 57.3 Å². The summed E-state index contributed by atoms with van der Waals surface area (Å²) in [5, 5.41) is 4.32. The molecule has 14 nitrogen and oxygen atoms in total. The number of amides is 4. The number of aromatic nitrogens is 1. The van der Waals surface area contributed by atoms with Gasteiger partial charge < -0.3 is 23.8 Å². The van der Waals surface area contributed by atoms with Gasteiger partial charge in [-0.05, 0) is 72.2 Å². The number of benzene rings is 4. The van der Waals surface area contributed by atoms with Gasteiger partial charge in [0.1, 0.15) is 18.0 Å². The van der Waals surface area contributed by atoms with Crippen molar-refractivity contribution in [2.24, 2.45) is 7.05 Å². The number of carbonyl (C=O) groups excluding carboxylic acids is 4. The van der Waals surface area contributed by atoms with E-state index in [0.717, 1.165) is 65.5 Å². The first-order valence-electron chi connectivity index (χ1n) is 21.0. The number of rotatable bonds is 13. The number of hydrogen-bond acceptors (Lipinski definition) is 7. The Morgan fingerprint density at radius 3 is 2.31 bits per heavy atom. The van der Waals surface area contributed by atoms with E-state index in [1.165, 1.54) is 12.1 Å². The molecule has 0 saturated carbocycles. The van der Waals surface area contributed by atoms with Crippen LogP contribution in [-0.4, -0.2) is 108 Å². The third kappa shape index (κ3) is 9.10. The lowest BCUT2D eigenvalue weighted by molar-refractivity contribution is -0.205. The number of fused-ring (bicyclic) bond motifs is 2. The molecule has 8 rings (SSSR count). The van der Waals surface area contributed by atoms with Gasteiger partial charge in [-0.25, -0.2) is 14.6 Å². The Hall–Kier alpha value is -6.05. The van der Waals surface area contributed by atoms with E-state index in [4.69, 9.17) is 4.52 Å². The second-order valence-electron chi connectivity index (χ2n) is 16.2. The van der Waals surface area contributed by atoms with Crippen LogP contribution in [0.1, 0.15) is 52.7 Å². The first-order valence-corrected chi connectivity index (χ1v) is 22.5. The van der Waals surface area contributed by atoms with Crippen LogP contribution in [0, 0.1) is 0 Å². The van der Waals surface area contributed by atoms with Crippen LogP contribution in [0.5, 0.6) is 5.75 Å². The molecule has 4 heterocycles. The molecule has 4 amide bonds. The lowest BCUT2D eigenvalue weighted by Gasteiger charge is -2.55. The maximum Gasteiger partial charge on any atom is 0.524 e. The van der Waals surface area contributed by atoms with Crippen LogP contribution in [0.4, 0.5) is 0 Å². The SMILES string of the molecule is C=CCN1CC(=O)N2[C@@H](Cc3ccc(OP(=O)(O)O)cc3)C(=O)N(Cc3cccc4c(-c5ccc(C(=O)N6CCCCC6)cc5)cn(C)c34)C[C@@H]2N1C(=O)CCc1ccccc1. The van der Waals surface area contributed by atoms with E-state index in [0.29, 0.717) is 17.5 Å². The zero-order valence-electron chi connectivity index (χ0n) is 34.7. The maximum atomic E-state index is 14.9. The van der Waals surface area contributed by atoms with Crippen LogP contribution in [-0.2, 0) is 45.4 Å². The minimum atomic E-state index is -4.80. The predicted molar refractivity (Wildman–Crippen MR) is 234 cm³/mol. The third-order valence-corrected chi connectivity index (χ3v) is 12.5. The molecule has 0 bridgehead atoms. The number of para-hydroxylation sites is 1. The summed E-state index contributed by atoms with van der Waals surface area (Å²) in [4.78, 5) is 80.5. The largest absolute Gasteiger partial charge is 0.524 e. The van der Waals surface area contributed by atoms with Crippen LogP contribution < -0.4 is 4.52 Å². The molecule has 0 unspecified atom stereocenters. The number of aryl methyl sites for hydroxylation is 2. The van der Waals surface area contributed by atoms with Crippen LogP contribution in [0.15, 0.2) is 116 Å². The highest BCUT2D eigenvalue weighted by atomic mass is 31.2. The predicted octanol–water partition coefficient (Wildman–Crippen LogP) is 5.93. The van der Waals surface area contributed by atoms with Crippen molar-refractivity contribution >= 4 is 42.4 Å². The Labute approximate surface area is 360 Å². The standard InChI is InChI=1S/C47H51N6O8P/c1-3-25-51-32-44(55)52-41(28-34-15-22-38(23-16-34)61-62(58,59)60)47(57)50(31-42(52)53(51)43(54)24-17-33-11-6-4-7-12-33)29-37-13-10-14-39-40(30-48(2)45(37)39)35-18-20-36(21-19-35)46(56)49-26-8-5-9-27-49/h3-4,6-7,10-16,18-23,30,41-42H,1,5,8-9,17,24-29,31-32H2,2H3,(H2,58,59,60)/t41-,42-/m0/s1. The quantitative estimate of drug-likeness (QED) is 0.108. The van der Waals surface area contributed by atoms with Crippen molar-refractivity contribution < 1.29 is 38.1 Å². The van der Waals surface area contributed by atoms with Gasteiger partial charge in [0.15, 0.2) is 0 Å². The molecule has 0 radical (unpaired) electrons. The van der Waals surface area contributed by atoms with Crippen molar-refractivity contribution in [3.05, 3.63) is 138 Å². The molecule has 1 aromatic heterocycles. The molecular formula is C47H51N6O8P. The average molecular weight is 859 g/mol. The zero-order chi connectivity index (χ0) is 43.5. The van der Waals surface area contributed by atoms with Gasteiger partial charge in [0, 0.05) is 68.8 Å². The molecule has 0 spiro atoms. The van der Waals surface area contributed by atoms with Crippen molar-refractivity contribution in [1.82, 2.24) is 29.3 Å². The Balaban J connectivity index is 1.12. The Bertz CT molecular complexity index is 2520. The summed E-state index contributed by atoms with van der Waals surface area (Å²) in [6, 6.07) is 28.5. The van der Waals surface area contributed by atoms with Gasteiger partial charge in [-0.15, -0.1) is 6.58 Å². The smallest absolute Gasteiger partial charge is 0.404 e. The van der Waals surface area contributed by atoms with E-state index < -0.39 is 20.0 Å². The number of piperazine rings is 1. The second kappa shape index (κ2) is 18.1. The Morgan fingerprint density at radius 1 is 0.887 bits per heavy atom. The molecule has 2 atom stereocenters. The number of piperidine rings is 1. The van der Waals surface area contributed by atoms with Gasteiger partial charge in [0.2, 0.25) is 17.7 Å². The molecule has 2 N–H and O–H groups in total. The van der Waals surface area contributed by atoms with Gasteiger partial charge in [-0.2, -0.15) is 0 Å². The van der Waals surface area contributed by atoms with E-state index in [1.54, 1.807) is 38.0 Å². The van der Waals surface area contributed by atoms with Crippen molar-refractivity contribution in [3.8, 4) is 16.9 Å². The van der Waals surface area contributed by atoms with E-state index in [9.17, 15) is 33.5 Å². The van der Waals surface area contributed by atoms with E-state index >= 15 is 0 Å². The molecule has 0 aliphatic carbocycles. The maximum absolute atomic E-state index is 14.9. The molecule has 5 aromatic rings. The van der Waals surface area contributed by atoms with Gasteiger partial charge in [0.25, 0.3) is 5.91 Å².